The minimum Gasteiger partial charge on any atom is -0.456 e. The van der Waals surface area contributed by atoms with Gasteiger partial charge >= 0.3 is 0 Å². The zero-order chi connectivity index (χ0) is 35.5. The third kappa shape index (κ3) is 5.20. The van der Waals surface area contributed by atoms with Crippen molar-refractivity contribution in [1.82, 2.24) is 19.5 Å². The van der Waals surface area contributed by atoms with Crippen molar-refractivity contribution in [3.63, 3.8) is 0 Å². The van der Waals surface area contributed by atoms with E-state index < -0.39 is 5.41 Å². The predicted molar refractivity (Wildman–Crippen MR) is 216 cm³/mol. The lowest BCUT2D eigenvalue weighted by Crippen LogP contribution is -2.23. The van der Waals surface area contributed by atoms with Gasteiger partial charge < -0.3 is 8.98 Å². The van der Waals surface area contributed by atoms with Gasteiger partial charge in [-0.15, -0.1) is 0 Å². The Bertz CT molecular complexity index is 2900. The molecule has 53 heavy (non-hydrogen) atoms. The number of para-hydroxylation sites is 2. The number of aromatic nitrogens is 4. The van der Waals surface area contributed by atoms with Gasteiger partial charge in [-0.25, -0.2) is 15.0 Å². The van der Waals surface area contributed by atoms with Crippen molar-refractivity contribution < 1.29 is 4.42 Å². The Morgan fingerprint density at radius 2 is 1.04 bits per heavy atom. The van der Waals surface area contributed by atoms with Crippen LogP contribution in [0.1, 0.15) is 25.2 Å². The Balaban J connectivity index is 1.12. The smallest absolute Gasteiger partial charge is 0.163 e. The number of rotatable bonds is 6. The van der Waals surface area contributed by atoms with E-state index in [2.05, 4.69) is 115 Å². The molecule has 5 heteroatoms. The molecule has 0 aliphatic heterocycles. The molecule has 0 radical (unpaired) electrons. The molecule has 3 heterocycles. The van der Waals surface area contributed by atoms with Crippen LogP contribution >= 0.6 is 0 Å². The molecule has 0 spiro atoms. The van der Waals surface area contributed by atoms with Crippen LogP contribution in [0.15, 0.2) is 174 Å². The summed E-state index contributed by atoms with van der Waals surface area (Å²) in [5, 5.41) is 4.65. The lowest BCUT2D eigenvalue weighted by atomic mass is 9.82. The maximum atomic E-state index is 6.36. The summed E-state index contributed by atoms with van der Waals surface area (Å²) in [5.74, 6) is 2.05. The molecule has 10 aromatic rings. The van der Waals surface area contributed by atoms with Crippen molar-refractivity contribution >= 4 is 43.7 Å². The summed E-state index contributed by atoms with van der Waals surface area (Å²) >= 11 is 0. The quantitative estimate of drug-likeness (QED) is 0.175. The second-order valence-corrected chi connectivity index (χ2v) is 14.1. The van der Waals surface area contributed by atoms with Gasteiger partial charge in [0.05, 0.1) is 11.0 Å². The van der Waals surface area contributed by atoms with Gasteiger partial charge in [0.15, 0.2) is 11.6 Å². The molecule has 0 fully saturated rings. The standard InChI is InChI=1S/C48H34N4O/c1-48(2,47-50-45(31-15-6-3-7-16-31)49-46(51-47)32-17-8-4-9-18-32)35-20-14-19-33(27-35)34-25-26-37-39-29-40-38-23-12-13-24-43(38)53-44(40)30-42(39)52(41(37)28-34)36-21-10-5-11-22-36/h3-30H,1-2H3. The highest BCUT2D eigenvalue weighted by Crippen LogP contribution is 2.40. The fourth-order valence-electron chi connectivity index (χ4n) is 7.58. The molecule has 5 nitrogen and oxygen atoms in total. The van der Waals surface area contributed by atoms with Crippen LogP contribution in [0, 0.1) is 0 Å². The summed E-state index contributed by atoms with van der Waals surface area (Å²) < 4.78 is 8.72. The van der Waals surface area contributed by atoms with Gasteiger partial charge in [-0.2, -0.15) is 0 Å². The average molecular weight is 683 g/mol. The molecule has 252 valence electrons. The number of hydrogen-bond acceptors (Lipinski definition) is 4. The molecule has 0 N–H and O–H groups in total. The van der Waals surface area contributed by atoms with Crippen molar-refractivity contribution in [1.29, 1.82) is 0 Å². The first kappa shape index (κ1) is 30.9. The van der Waals surface area contributed by atoms with Gasteiger partial charge in [0, 0.05) is 49.8 Å². The van der Waals surface area contributed by atoms with E-state index in [1.165, 1.54) is 10.8 Å². The van der Waals surface area contributed by atoms with Crippen LogP contribution in [0.5, 0.6) is 0 Å². The monoisotopic (exact) mass is 682 g/mol. The molecule has 0 aliphatic rings. The van der Waals surface area contributed by atoms with Gasteiger partial charge in [-0.1, -0.05) is 133 Å². The Morgan fingerprint density at radius 1 is 0.434 bits per heavy atom. The number of benzene rings is 7. The lowest BCUT2D eigenvalue weighted by Gasteiger charge is -2.25. The molecular formula is C48H34N4O. The fourth-order valence-corrected chi connectivity index (χ4v) is 7.58. The van der Waals surface area contributed by atoms with Crippen LogP contribution in [0.4, 0.5) is 0 Å². The molecular weight excluding hydrogens is 649 g/mol. The Hall–Kier alpha value is -6.85. The topological polar surface area (TPSA) is 56.7 Å². The zero-order valence-corrected chi connectivity index (χ0v) is 29.4. The molecule has 0 bridgehead atoms. The molecule has 10 rings (SSSR count). The summed E-state index contributed by atoms with van der Waals surface area (Å²) in [4.78, 5) is 15.1. The summed E-state index contributed by atoms with van der Waals surface area (Å²) in [7, 11) is 0. The van der Waals surface area contributed by atoms with Gasteiger partial charge in [0.1, 0.15) is 17.0 Å². The van der Waals surface area contributed by atoms with Crippen LogP contribution in [0.3, 0.4) is 0 Å². The Kier molecular flexibility index (Phi) is 7.08. The normalized spacial score (nSPS) is 12.0. The molecule has 0 unspecified atom stereocenters. The van der Waals surface area contributed by atoms with Crippen molar-refractivity contribution in [3.8, 4) is 39.6 Å². The third-order valence-electron chi connectivity index (χ3n) is 10.5. The number of fused-ring (bicyclic) bond motifs is 6. The van der Waals surface area contributed by atoms with E-state index >= 15 is 0 Å². The molecule has 3 aromatic heterocycles. The van der Waals surface area contributed by atoms with Crippen LogP contribution < -0.4 is 0 Å². The Labute approximate surface area is 306 Å². The number of furan rings is 1. The first-order valence-corrected chi connectivity index (χ1v) is 17.9. The molecule has 7 aromatic carbocycles. The van der Waals surface area contributed by atoms with Gasteiger partial charge in [-0.3, -0.25) is 0 Å². The summed E-state index contributed by atoms with van der Waals surface area (Å²) in [6.07, 6.45) is 0. The van der Waals surface area contributed by atoms with E-state index in [0.29, 0.717) is 11.6 Å². The van der Waals surface area contributed by atoms with Crippen LogP contribution in [0.2, 0.25) is 0 Å². The summed E-state index contributed by atoms with van der Waals surface area (Å²) in [6.45, 7) is 4.39. The minimum atomic E-state index is -0.522. The fraction of sp³-hybridized carbons (Fsp3) is 0.0625. The van der Waals surface area contributed by atoms with E-state index in [1.807, 2.05) is 72.8 Å². The first-order chi connectivity index (χ1) is 26.0. The maximum Gasteiger partial charge on any atom is 0.163 e. The van der Waals surface area contributed by atoms with Gasteiger partial charge in [0.2, 0.25) is 0 Å². The van der Waals surface area contributed by atoms with E-state index in [0.717, 1.165) is 72.3 Å². The molecule has 0 saturated heterocycles. The lowest BCUT2D eigenvalue weighted by molar-refractivity contribution is 0.588. The average Bonchev–Trinajstić information content (AvgIpc) is 3.75. The molecule has 0 amide bonds. The Morgan fingerprint density at radius 3 is 1.75 bits per heavy atom. The highest BCUT2D eigenvalue weighted by molar-refractivity contribution is 6.17. The molecule has 0 saturated carbocycles. The summed E-state index contributed by atoms with van der Waals surface area (Å²) in [5.41, 5.74) is 9.93. The summed E-state index contributed by atoms with van der Waals surface area (Å²) in [6, 6.07) is 59.2. The van der Waals surface area contributed by atoms with Crippen LogP contribution in [-0.4, -0.2) is 19.5 Å². The first-order valence-electron chi connectivity index (χ1n) is 17.9. The predicted octanol–water partition coefficient (Wildman–Crippen LogP) is 12.2. The van der Waals surface area contributed by atoms with Crippen molar-refractivity contribution in [2.45, 2.75) is 19.3 Å². The van der Waals surface area contributed by atoms with Crippen molar-refractivity contribution in [2.75, 3.05) is 0 Å². The number of nitrogens with zero attached hydrogens (tertiary/aromatic N) is 4. The van der Waals surface area contributed by atoms with Gasteiger partial charge in [0.25, 0.3) is 0 Å². The van der Waals surface area contributed by atoms with Crippen molar-refractivity contribution in [2.24, 2.45) is 0 Å². The molecule has 0 atom stereocenters. The second kappa shape index (κ2) is 12.1. The SMILES string of the molecule is CC(C)(c1cccc(-c2ccc3c4cc5c(cc4n(-c4ccccc4)c3c2)oc2ccccc25)c1)c1nc(-c2ccccc2)nc(-c2ccccc2)n1. The largest absolute Gasteiger partial charge is 0.456 e. The minimum absolute atomic E-state index is 0.522. The highest BCUT2D eigenvalue weighted by Gasteiger charge is 2.29. The maximum absolute atomic E-state index is 6.36. The third-order valence-corrected chi connectivity index (χ3v) is 10.5. The van der Waals surface area contributed by atoms with E-state index in [1.54, 1.807) is 0 Å². The van der Waals surface area contributed by atoms with Crippen LogP contribution in [0.25, 0.3) is 83.3 Å². The number of hydrogen-bond donors (Lipinski definition) is 0. The highest BCUT2D eigenvalue weighted by atomic mass is 16.3. The van der Waals surface area contributed by atoms with Crippen molar-refractivity contribution in [3.05, 3.63) is 181 Å². The zero-order valence-electron chi connectivity index (χ0n) is 29.4. The van der Waals surface area contributed by atoms with Crippen LogP contribution in [-0.2, 0) is 5.41 Å². The van der Waals surface area contributed by atoms with E-state index in [-0.39, 0.29) is 0 Å². The second-order valence-electron chi connectivity index (χ2n) is 14.1. The van der Waals surface area contributed by atoms with Gasteiger partial charge in [-0.05, 0) is 60.9 Å². The van der Waals surface area contributed by atoms with E-state index in [4.69, 9.17) is 19.4 Å². The molecule has 0 aliphatic carbocycles. The van der Waals surface area contributed by atoms with E-state index in [9.17, 15) is 0 Å².